The molecular weight excluding hydrogens is 558 g/mol. The van der Waals surface area contributed by atoms with Gasteiger partial charge in [-0.2, -0.15) is 0 Å². The summed E-state index contributed by atoms with van der Waals surface area (Å²) in [5.74, 6) is 2.32. The van der Waals surface area contributed by atoms with E-state index in [-0.39, 0.29) is 0 Å². The van der Waals surface area contributed by atoms with Gasteiger partial charge in [0.2, 0.25) is 5.88 Å². The van der Waals surface area contributed by atoms with Gasteiger partial charge in [0, 0.05) is 34.8 Å². The topological polar surface area (TPSA) is 74.4 Å². The average Bonchev–Trinajstić information content (AvgIpc) is 3.71. The summed E-state index contributed by atoms with van der Waals surface area (Å²) in [5, 5.41) is 2.38. The molecule has 7 rings (SSSR count). The molecule has 3 aromatic carbocycles. The van der Waals surface area contributed by atoms with Crippen molar-refractivity contribution in [1.29, 1.82) is 0 Å². The third-order valence-electron chi connectivity index (χ3n) is 8.09. The fourth-order valence-corrected chi connectivity index (χ4v) is 6.15. The van der Waals surface area contributed by atoms with Gasteiger partial charge < -0.3 is 14.0 Å². The lowest BCUT2D eigenvalue weighted by Crippen LogP contribution is -2.10. The lowest BCUT2D eigenvalue weighted by atomic mass is 10.0. The number of ether oxygens (including phenoxy) is 2. The van der Waals surface area contributed by atoms with E-state index in [4.69, 9.17) is 31.1 Å². The van der Waals surface area contributed by atoms with Crippen molar-refractivity contribution in [2.45, 2.75) is 25.3 Å². The molecule has 2 atom stereocenters. The molecule has 3 aromatic heterocycles. The van der Waals surface area contributed by atoms with E-state index in [2.05, 4.69) is 20.7 Å². The maximum absolute atomic E-state index is 6.70. The normalized spacial score (nSPS) is 16.4. The van der Waals surface area contributed by atoms with Gasteiger partial charge in [-0.25, -0.2) is 19.9 Å². The van der Waals surface area contributed by atoms with E-state index in [1.54, 1.807) is 13.4 Å². The largest absolute Gasteiger partial charge is 0.493 e. The molecule has 43 heavy (non-hydrogen) atoms. The Morgan fingerprint density at radius 1 is 0.930 bits per heavy atom. The van der Waals surface area contributed by atoms with Crippen molar-refractivity contribution < 1.29 is 9.47 Å². The Balaban J connectivity index is 1.10. The molecule has 0 bridgehead atoms. The van der Waals surface area contributed by atoms with E-state index in [0.717, 1.165) is 63.8 Å². The minimum atomic E-state index is 0.370. The van der Waals surface area contributed by atoms with Crippen LogP contribution in [-0.2, 0) is 0 Å². The zero-order chi connectivity index (χ0) is 29.2. The first-order valence-corrected chi connectivity index (χ1v) is 14.8. The van der Waals surface area contributed by atoms with Crippen LogP contribution in [-0.4, -0.2) is 38.9 Å². The van der Waals surface area contributed by atoms with Crippen molar-refractivity contribution in [3.05, 3.63) is 120 Å². The summed E-state index contributed by atoms with van der Waals surface area (Å²) in [6.07, 6.45) is 6.85. The third-order valence-corrected chi connectivity index (χ3v) is 8.37. The Kier molecular flexibility index (Phi) is 7.47. The van der Waals surface area contributed by atoms with Crippen LogP contribution in [0.2, 0.25) is 5.02 Å². The first-order chi connectivity index (χ1) is 21.2. The number of methoxy groups -OCH3 is 1. The first kappa shape index (κ1) is 27.1. The van der Waals surface area contributed by atoms with Crippen LogP contribution in [0.25, 0.3) is 21.9 Å². The summed E-state index contributed by atoms with van der Waals surface area (Å²) in [4.78, 5) is 18.6. The van der Waals surface area contributed by atoms with Gasteiger partial charge in [0.25, 0.3) is 0 Å². The molecule has 1 saturated carbocycles. The van der Waals surface area contributed by atoms with Gasteiger partial charge in [-0.1, -0.05) is 72.3 Å². The number of aliphatic imine (C=N–C) groups is 1. The molecular formula is C35H30ClN5O2. The number of halogens is 1. The molecule has 0 aliphatic heterocycles. The fraction of sp³-hybridized carbons (Fsp3) is 0.200. The molecule has 8 heteroatoms. The highest BCUT2D eigenvalue weighted by Gasteiger charge is 2.28. The van der Waals surface area contributed by atoms with E-state index >= 15 is 0 Å². The maximum Gasteiger partial charge on any atom is 0.225 e. The zero-order valence-corrected chi connectivity index (χ0v) is 24.5. The molecule has 0 amide bonds. The van der Waals surface area contributed by atoms with E-state index < -0.39 is 0 Å². The van der Waals surface area contributed by atoms with Gasteiger partial charge in [0.15, 0.2) is 5.82 Å². The summed E-state index contributed by atoms with van der Waals surface area (Å²) >= 11 is 6.70. The molecule has 0 spiro atoms. The number of nitrogens with zero attached hydrogens (tertiary/aromatic N) is 5. The van der Waals surface area contributed by atoms with Crippen molar-refractivity contribution in [3.8, 4) is 11.6 Å². The first-order valence-electron chi connectivity index (χ1n) is 14.4. The molecule has 0 N–H and O–H groups in total. The highest BCUT2D eigenvalue weighted by Crippen LogP contribution is 2.38. The number of benzene rings is 3. The Hall–Kier alpha value is -4.75. The van der Waals surface area contributed by atoms with E-state index in [1.807, 2.05) is 91.0 Å². The summed E-state index contributed by atoms with van der Waals surface area (Å²) in [5.41, 5.74) is 4.52. The van der Waals surface area contributed by atoms with Gasteiger partial charge in [-0.05, 0) is 49.4 Å². The van der Waals surface area contributed by atoms with Crippen molar-refractivity contribution in [1.82, 2.24) is 19.5 Å². The zero-order valence-electron chi connectivity index (χ0n) is 23.7. The Bertz CT molecular complexity index is 1880. The second kappa shape index (κ2) is 11.9. The number of hydrogen-bond donors (Lipinski definition) is 0. The molecule has 1 fully saturated rings. The average molecular weight is 588 g/mol. The van der Waals surface area contributed by atoms with Crippen LogP contribution >= 0.6 is 11.6 Å². The van der Waals surface area contributed by atoms with Crippen LogP contribution in [0.3, 0.4) is 0 Å². The van der Waals surface area contributed by atoms with Crippen LogP contribution in [0.15, 0.2) is 109 Å². The SMILES string of the molecule is COc1ncnc2c1ccn2C1CCC(COc2ccc3cc(Cl)c(N=C(c4ccccc4)c4ccccc4)nc3c2)C1. The molecule has 214 valence electrons. The van der Waals surface area contributed by atoms with Crippen molar-refractivity contribution in [2.24, 2.45) is 10.9 Å². The van der Waals surface area contributed by atoms with E-state index in [0.29, 0.717) is 35.3 Å². The van der Waals surface area contributed by atoms with Gasteiger partial charge in [-0.15, -0.1) is 0 Å². The van der Waals surface area contributed by atoms with Crippen molar-refractivity contribution >= 4 is 45.1 Å². The van der Waals surface area contributed by atoms with Gasteiger partial charge >= 0.3 is 0 Å². The number of pyridine rings is 1. The van der Waals surface area contributed by atoms with Crippen LogP contribution in [0, 0.1) is 5.92 Å². The van der Waals surface area contributed by atoms with Crippen molar-refractivity contribution in [2.75, 3.05) is 13.7 Å². The molecule has 7 nitrogen and oxygen atoms in total. The molecule has 0 saturated heterocycles. The summed E-state index contributed by atoms with van der Waals surface area (Å²) in [6.45, 7) is 0.643. The summed E-state index contributed by atoms with van der Waals surface area (Å²) in [6, 6.07) is 30.5. The summed E-state index contributed by atoms with van der Waals surface area (Å²) < 4.78 is 14.0. The van der Waals surface area contributed by atoms with Gasteiger partial charge in [0.1, 0.15) is 17.7 Å². The number of rotatable bonds is 8. The fourth-order valence-electron chi connectivity index (χ4n) is 5.94. The molecule has 1 aliphatic rings. The molecule has 3 heterocycles. The number of fused-ring (bicyclic) bond motifs is 2. The van der Waals surface area contributed by atoms with E-state index in [1.165, 1.54) is 0 Å². The highest BCUT2D eigenvalue weighted by molar-refractivity contribution is 6.33. The minimum Gasteiger partial charge on any atom is -0.493 e. The second-order valence-corrected chi connectivity index (χ2v) is 11.2. The third kappa shape index (κ3) is 5.56. The highest BCUT2D eigenvalue weighted by atomic mass is 35.5. The van der Waals surface area contributed by atoms with E-state index in [9.17, 15) is 0 Å². The van der Waals surface area contributed by atoms with Gasteiger partial charge in [-0.3, -0.25) is 0 Å². The van der Waals surface area contributed by atoms with Gasteiger partial charge in [0.05, 0.1) is 35.4 Å². The number of hydrogen-bond acceptors (Lipinski definition) is 6. The quantitative estimate of drug-likeness (QED) is 0.168. The minimum absolute atomic E-state index is 0.370. The van der Waals surface area contributed by atoms with Crippen LogP contribution in [0.1, 0.15) is 36.4 Å². The molecule has 1 aliphatic carbocycles. The Morgan fingerprint density at radius 2 is 1.70 bits per heavy atom. The molecule has 6 aromatic rings. The van der Waals surface area contributed by atoms with Crippen LogP contribution < -0.4 is 9.47 Å². The lowest BCUT2D eigenvalue weighted by Gasteiger charge is -2.15. The standard InChI is InChI=1S/C35H30ClN5O2/c1-42-35-29-16-17-41(34(29)37-22-38-35)27-14-12-23(18-27)21-43-28-15-13-26-19-30(36)33(39-31(26)20-28)40-32(24-8-4-2-5-9-24)25-10-6-3-7-11-25/h2-11,13,15-17,19-20,22-23,27H,12,14,18,21H2,1H3. The predicted molar refractivity (Wildman–Crippen MR) is 171 cm³/mol. The van der Waals surface area contributed by atoms with Crippen LogP contribution in [0.5, 0.6) is 11.6 Å². The lowest BCUT2D eigenvalue weighted by molar-refractivity contribution is 0.248. The van der Waals surface area contributed by atoms with Crippen LogP contribution in [0.4, 0.5) is 5.82 Å². The predicted octanol–water partition coefficient (Wildman–Crippen LogP) is 8.23. The molecule has 2 unspecified atom stereocenters. The monoisotopic (exact) mass is 587 g/mol. The summed E-state index contributed by atoms with van der Waals surface area (Å²) in [7, 11) is 1.64. The number of aromatic nitrogens is 4. The Labute approximate surface area is 254 Å². The second-order valence-electron chi connectivity index (χ2n) is 10.8. The Morgan fingerprint density at radius 3 is 2.44 bits per heavy atom. The smallest absolute Gasteiger partial charge is 0.225 e. The maximum atomic E-state index is 6.70. The molecule has 0 radical (unpaired) electrons. The van der Waals surface area contributed by atoms with Crippen molar-refractivity contribution in [3.63, 3.8) is 0 Å².